The summed E-state index contributed by atoms with van der Waals surface area (Å²) in [4.78, 5) is 196. The maximum atomic E-state index is 16.1. The van der Waals surface area contributed by atoms with E-state index in [1.165, 1.54) is 76.5 Å². The second-order valence-corrected chi connectivity index (χ2v) is 33.8. The number of likely N-dealkylation sites (tertiary alicyclic amines) is 1. The highest BCUT2D eigenvalue weighted by molar-refractivity contribution is 6.00. The Labute approximate surface area is 621 Å². The molecule has 6 aliphatic rings. The molecule has 0 aromatic carbocycles. The molecule has 0 spiro atoms. The third kappa shape index (κ3) is 23.8. The fraction of sp³-hybridized carbons (Fsp3) is 0.846. The van der Waals surface area contributed by atoms with Crippen LogP contribution in [0.25, 0.3) is 0 Å². The second-order valence-electron chi connectivity index (χ2n) is 33.8. The van der Waals surface area contributed by atoms with E-state index in [1.54, 1.807) is 53.6 Å². The number of nitrogens with one attached hydrogen (secondary N) is 3. The van der Waals surface area contributed by atoms with Gasteiger partial charge in [-0.25, -0.2) is 0 Å². The van der Waals surface area contributed by atoms with E-state index < -0.39 is 162 Å². The molecule has 590 valence electrons. The predicted molar refractivity (Wildman–Crippen MR) is 397 cm³/mol. The van der Waals surface area contributed by atoms with Crippen LogP contribution in [0.4, 0.5) is 0 Å². The molecule has 3 heterocycles. The van der Waals surface area contributed by atoms with Crippen molar-refractivity contribution in [2.45, 2.75) is 308 Å². The molecule has 3 saturated heterocycles. The average molecular weight is 1460 g/mol. The van der Waals surface area contributed by atoms with Gasteiger partial charge in [0.1, 0.15) is 60.4 Å². The van der Waals surface area contributed by atoms with E-state index in [4.69, 9.17) is 4.74 Å². The van der Waals surface area contributed by atoms with Crippen molar-refractivity contribution in [3.8, 4) is 0 Å². The lowest BCUT2D eigenvalue weighted by Crippen LogP contribution is -2.62. The third-order valence-corrected chi connectivity index (χ3v) is 23.1. The minimum atomic E-state index is -1.63. The number of aliphatic hydroxyl groups is 1. The van der Waals surface area contributed by atoms with E-state index in [2.05, 4.69) is 16.0 Å². The van der Waals surface area contributed by atoms with Crippen molar-refractivity contribution in [2.24, 2.45) is 35.5 Å². The van der Waals surface area contributed by atoms with Gasteiger partial charge in [0.25, 0.3) is 0 Å². The Bertz CT molecular complexity index is 2920. The molecule has 6 rings (SSSR count). The number of carbonyl (C=O) groups excluding carboxylic acids is 12. The van der Waals surface area contributed by atoms with Crippen LogP contribution >= 0.6 is 0 Å². The maximum absolute atomic E-state index is 16.1. The molecule has 12 amide bonds. The molecule has 11 atom stereocenters. The van der Waals surface area contributed by atoms with E-state index in [0.717, 1.165) is 120 Å². The first-order valence-corrected chi connectivity index (χ1v) is 39.6. The Morgan fingerprint density at radius 3 is 1.39 bits per heavy atom. The number of carbonyl (C=O) groups is 12. The number of amides is 12. The molecule has 0 aromatic heterocycles. The van der Waals surface area contributed by atoms with Gasteiger partial charge in [0.05, 0.1) is 31.3 Å². The number of hydrogen-bond acceptors (Lipinski definition) is 14. The number of ether oxygens (including phenoxy) is 1. The van der Waals surface area contributed by atoms with Crippen molar-refractivity contribution < 1.29 is 67.4 Å². The highest BCUT2D eigenvalue weighted by atomic mass is 16.5. The summed E-state index contributed by atoms with van der Waals surface area (Å²) in [6, 6.07) is -12.6. The van der Waals surface area contributed by atoms with Crippen molar-refractivity contribution in [1.82, 2.24) is 60.0 Å². The molecule has 6 fully saturated rings. The number of hydrogen-bond donors (Lipinski definition) is 4. The zero-order valence-electron chi connectivity index (χ0n) is 66.5. The fourth-order valence-corrected chi connectivity index (χ4v) is 16.8. The Morgan fingerprint density at radius 2 is 0.904 bits per heavy atom. The molecule has 4 N–H and O–H groups in total. The first-order chi connectivity index (χ1) is 48.9. The van der Waals surface area contributed by atoms with Crippen LogP contribution in [0.5, 0.6) is 0 Å². The number of rotatable bonds is 15. The van der Waals surface area contributed by atoms with Crippen LogP contribution in [0.3, 0.4) is 0 Å². The van der Waals surface area contributed by atoms with Crippen LogP contribution in [0.2, 0.25) is 0 Å². The lowest BCUT2D eigenvalue weighted by atomic mass is 9.83. The Morgan fingerprint density at radius 1 is 0.462 bits per heavy atom. The summed E-state index contributed by atoms with van der Waals surface area (Å²) in [6.07, 6.45) is 15.4. The van der Waals surface area contributed by atoms with E-state index in [0.29, 0.717) is 19.5 Å². The van der Waals surface area contributed by atoms with Gasteiger partial charge in [-0.05, 0) is 127 Å². The van der Waals surface area contributed by atoms with Crippen LogP contribution in [-0.2, 0) is 62.3 Å². The minimum Gasteiger partial charge on any atom is -0.391 e. The summed E-state index contributed by atoms with van der Waals surface area (Å²) < 4.78 is 6.28. The molecular formula is C78H134N12O14. The number of likely N-dealkylation sites (N-methyl/N-ethyl adjacent to an activating group) is 7. The van der Waals surface area contributed by atoms with Crippen molar-refractivity contribution >= 4 is 70.9 Å². The smallest absolute Gasteiger partial charge is 0.248 e. The van der Waals surface area contributed by atoms with E-state index in [9.17, 15) is 19.5 Å². The van der Waals surface area contributed by atoms with Crippen molar-refractivity contribution in [3.63, 3.8) is 0 Å². The molecule has 0 bridgehead atoms. The largest absolute Gasteiger partial charge is 0.391 e. The molecule has 0 unspecified atom stereocenters. The van der Waals surface area contributed by atoms with Gasteiger partial charge in [0, 0.05) is 69.0 Å². The highest BCUT2D eigenvalue weighted by Gasteiger charge is 2.48. The normalized spacial score (nSPS) is 28.6. The van der Waals surface area contributed by atoms with Gasteiger partial charge in [-0.3, -0.25) is 57.5 Å². The second kappa shape index (κ2) is 40.0. The number of nitrogens with zero attached hydrogens (tertiary/aromatic N) is 9. The van der Waals surface area contributed by atoms with Crippen LogP contribution in [-0.4, -0.2) is 274 Å². The Kier molecular flexibility index (Phi) is 33.2. The summed E-state index contributed by atoms with van der Waals surface area (Å²) in [5.74, 6) is -8.35. The molecule has 0 aromatic rings. The minimum absolute atomic E-state index is 0.0122. The quantitative estimate of drug-likeness (QED) is 0.144. The Hall–Kier alpha value is -6.44. The summed E-state index contributed by atoms with van der Waals surface area (Å²) >= 11 is 0. The molecule has 3 saturated carbocycles. The first kappa shape index (κ1) is 86.5. The van der Waals surface area contributed by atoms with Crippen LogP contribution in [0.1, 0.15) is 236 Å². The monoisotopic (exact) mass is 1460 g/mol. The average Bonchev–Trinajstić information content (AvgIpc) is 1.30. The third-order valence-electron chi connectivity index (χ3n) is 23.1. The number of piperidine rings is 1. The van der Waals surface area contributed by atoms with Crippen molar-refractivity contribution in [1.29, 1.82) is 0 Å². The van der Waals surface area contributed by atoms with E-state index in [-0.39, 0.29) is 81.3 Å². The number of fused-ring (bicyclic) bond motifs is 1. The van der Waals surface area contributed by atoms with Crippen LogP contribution < -0.4 is 16.0 Å². The summed E-state index contributed by atoms with van der Waals surface area (Å²) in [7, 11) is 10.3. The molecule has 26 nitrogen and oxygen atoms in total. The zero-order chi connectivity index (χ0) is 77.2. The molecule has 3 aliphatic heterocycles. The van der Waals surface area contributed by atoms with Gasteiger partial charge >= 0.3 is 0 Å². The van der Waals surface area contributed by atoms with Crippen LogP contribution in [0, 0.1) is 35.5 Å². The topological polar surface area (TPSA) is 300 Å². The first-order valence-electron chi connectivity index (χ1n) is 39.6. The van der Waals surface area contributed by atoms with E-state index >= 15 is 43.2 Å². The van der Waals surface area contributed by atoms with Crippen molar-refractivity contribution in [2.75, 3.05) is 82.1 Å². The SMILES string of the molecule is CC(C)C[C@@H]1NC(=O)[C@H](CC2CCCCC2)N(C)C(=O)[C@@H]2CCCN2C(=O)C[C@@H](C(=O)N2CCCCC2)N(C)C(=O)[C@H](CC2CCCCC2)N(C)C(=O)[C@H](CC2CCCCC2)N(C)C(=O)[C@H](COC(C)(C)C)NC(=O)[C@H](C(C)C)N(C)C(=O)CN(C)C(=O)[C@H]([C@@H](C)O)NC(=O)[C@H](CC(C)C)N(C)C1=O. The van der Waals surface area contributed by atoms with Gasteiger partial charge in [-0.15, -0.1) is 0 Å². The van der Waals surface area contributed by atoms with E-state index in [1.807, 2.05) is 27.7 Å². The summed E-state index contributed by atoms with van der Waals surface area (Å²) in [6.45, 7) is 17.7. The highest BCUT2D eigenvalue weighted by Crippen LogP contribution is 2.35. The van der Waals surface area contributed by atoms with Gasteiger partial charge in [0.15, 0.2) is 0 Å². The van der Waals surface area contributed by atoms with Crippen LogP contribution in [0.15, 0.2) is 0 Å². The summed E-state index contributed by atoms with van der Waals surface area (Å²) in [5, 5.41) is 19.9. The van der Waals surface area contributed by atoms with Crippen molar-refractivity contribution in [3.05, 3.63) is 0 Å². The fourth-order valence-electron chi connectivity index (χ4n) is 16.8. The molecule has 26 heteroatoms. The lowest BCUT2D eigenvalue weighted by molar-refractivity contribution is -0.157. The standard InChI is InChI=1S/C78H134N12O14/c1-49(2)41-56-71(97)83(12)59(42-50(3)4)69(95)81-66(52(7)91)77(103)82(11)47-65(93)88(17)67(51(5)6)70(96)80-57(48-104-78(8,9)10)72(98)85(14)61(44-54-33-24-19-25-34-54)74(100)86(15)62(45-55-35-26-20-27-36-55)75(101)87(16)63(76(102)89-38-28-21-29-39-89)46-64(92)90-40-30-37-58(90)73(99)84(13)60(68(94)79-56)43-53-31-22-18-23-32-53/h49-63,66-67,91H,18-48H2,1-17H3,(H,79,94)(H,80,96)(H,81,95)/t52-,56+,57+,58+,59+,60+,61+,62+,63+,66+,67+/m1/s1. The van der Waals surface area contributed by atoms with Gasteiger partial charge in [0.2, 0.25) is 70.9 Å². The molecular weight excluding hydrogens is 1330 g/mol. The number of aliphatic hydroxyl groups excluding tert-OH is 1. The molecule has 104 heavy (non-hydrogen) atoms. The van der Waals surface area contributed by atoms with Gasteiger partial charge < -0.3 is 69.9 Å². The molecule has 3 aliphatic carbocycles. The molecule has 0 radical (unpaired) electrons. The Balaban J connectivity index is 1.51. The zero-order valence-corrected chi connectivity index (χ0v) is 66.5. The van der Waals surface area contributed by atoms with Gasteiger partial charge in [-0.2, -0.15) is 0 Å². The summed E-state index contributed by atoms with van der Waals surface area (Å²) in [5.41, 5.74) is -0.826. The lowest BCUT2D eigenvalue weighted by Gasteiger charge is -2.41. The maximum Gasteiger partial charge on any atom is 0.248 e. The van der Waals surface area contributed by atoms with Gasteiger partial charge in [-0.1, -0.05) is 138 Å². The predicted octanol–water partition coefficient (Wildman–Crippen LogP) is 6.12.